The van der Waals surface area contributed by atoms with Gasteiger partial charge >= 0.3 is 0 Å². The SMILES string of the molecule is NC(=O)[C@@]1(O)CCCN(C(=O)c2ccc(Br)cn2)C1. The Hall–Kier alpha value is -1.47. The number of hydrogen-bond donors (Lipinski definition) is 2. The molecule has 3 N–H and O–H groups in total. The molecule has 2 amide bonds. The summed E-state index contributed by atoms with van der Waals surface area (Å²) in [6, 6.07) is 3.30. The second kappa shape index (κ2) is 5.26. The number of rotatable bonds is 2. The van der Waals surface area contributed by atoms with Crippen molar-refractivity contribution in [2.45, 2.75) is 18.4 Å². The van der Waals surface area contributed by atoms with Crippen LogP contribution in [-0.2, 0) is 4.79 Å². The molecule has 6 nitrogen and oxygen atoms in total. The Kier molecular flexibility index (Phi) is 3.86. The van der Waals surface area contributed by atoms with E-state index >= 15 is 0 Å². The molecule has 1 aliphatic heterocycles. The number of aromatic nitrogens is 1. The standard InChI is InChI=1S/C12H14BrN3O3/c13-8-2-3-9(15-6-8)10(17)16-5-1-4-12(19,7-16)11(14)18/h2-3,6,19H,1,4-5,7H2,(H2,14,18)/t12-/m1/s1. The van der Waals surface area contributed by atoms with Crippen molar-refractivity contribution in [1.29, 1.82) is 0 Å². The zero-order chi connectivity index (χ0) is 14.0. The number of nitrogens with zero attached hydrogens (tertiary/aromatic N) is 2. The van der Waals surface area contributed by atoms with Gasteiger partial charge in [0.25, 0.3) is 11.8 Å². The number of likely N-dealkylation sites (tertiary alicyclic amines) is 1. The van der Waals surface area contributed by atoms with E-state index in [0.717, 1.165) is 4.47 Å². The predicted molar refractivity (Wildman–Crippen MR) is 71.2 cm³/mol. The van der Waals surface area contributed by atoms with Gasteiger partial charge in [-0.1, -0.05) is 0 Å². The van der Waals surface area contributed by atoms with E-state index in [0.29, 0.717) is 13.0 Å². The molecule has 1 aromatic heterocycles. The summed E-state index contributed by atoms with van der Waals surface area (Å²) in [6.45, 7) is 0.394. The Morgan fingerprint density at radius 3 is 2.79 bits per heavy atom. The number of primary amides is 1. The van der Waals surface area contributed by atoms with E-state index in [4.69, 9.17) is 5.73 Å². The molecule has 0 spiro atoms. The molecule has 2 rings (SSSR count). The number of pyridine rings is 1. The maximum atomic E-state index is 12.2. The number of carbonyl (C=O) groups excluding carboxylic acids is 2. The Labute approximate surface area is 118 Å². The van der Waals surface area contributed by atoms with Gasteiger partial charge in [0.1, 0.15) is 5.69 Å². The van der Waals surface area contributed by atoms with Crippen LogP contribution in [0, 0.1) is 0 Å². The zero-order valence-electron chi connectivity index (χ0n) is 10.2. The molecule has 102 valence electrons. The molecule has 7 heteroatoms. The number of nitrogens with two attached hydrogens (primary N) is 1. The van der Waals surface area contributed by atoms with Gasteiger partial charge in [-0.05, 0) is 40.9 Å². The summed E-state index contributed by atoms with van der Waals surface area (Å²) in [7, 11) is 0. The molecule has 1 saturated heterocycles. The minimum Gasteiger partial charge on any atom is -0.378 e. The summed E-state index contributed by atoms with van der Waals surface area (Å²) in [4.78, 5) is 28.9. The largest absolute Gasteiger partial charge is 0.378 e. The zero-order valence-corrected chi connectivity index (χ0v) is 11.8. The third-order valence-corrected chi connectivity index (χ3v) is 3.63. The lowest BCUT2D eigenvalue weighted by molar-refractivity contribution is -0.140. The first-order valence-corrected chi connectivity index (χ1v) is 6.65. The Morgan fingerprint density at radius 1 is 1.47 bits per heavy atom. The highest BCUT2D eigenvalue weighted by Crippen LogP contribution is 2.22. The van der Waals surface area contributed by atoms with Crippen molar-refractivity contribution in [3.8, 4) is 0 Å². The molecule has 19 heavy (non-hydrogen) atoms. The summed E-state index contributed by atoms with van der Waals surface area (Å²) < 4.78 is 0.774. The highest BCUT2D eigenvalue weighted by molar-refractivity contribution is 9.10. The van der Waals surface area contributed by atoms with Crippen LogP contribution >= 0.6 is 15.9 Å². The predicted octanol–water partition coefficient (Wildman–Crippen LogP) is 0.296. The number of piperidine rings is 1. The summed E-state index contributed by atoms with van der Waals surface area (Å²) in [5.41, 5.74) is 3.81. The number of amides is 2. The van der Waals surface area contributed by atoms with Gasteiger partial charge in [0.15, 0.2) is 5.60 Å². The highest BCUT2D eigenvalue weighted by Gasteiger charge is 2.40. The van der Waals surface area contributed by atoms with Crippen LogP contribution in [0.4, 0.5) is 0 Å². The normalized spacial score (nSPS) is 23.2. The first-order valence-electron chi connectivity index (χ1n) is 5.85. The Bertz CT molecular complexity index is 505. The summed E-state index contributed by atoms with van der Waals surface area (Å²) in [5.74, 6) is -1.11. The summed E-state index contributed by atoms with van der Waals surface area (Å²) >= 11 is 3.24. The van der Waals surface area contributed by atoms with Crippen LogP contribution in [-0.4, -0.2) is 45.5 Å². The van der Waals surface area contributed by atoms with E-state index in [9.17, 15) is 14.7 Å². The minimum absolute atomic E-state index is 0.0844. The number of aliphatic hydroxyl groups is 1. The summed E-state index contributed by atoms with van der Waals surface area (Å²) in [6.07, 6.45) is 2.33. The fraction of sp³-hybridized carbons (Fsp3) is 0.417. The topological polar surface area (TPSA) is 96.5 Å². The second-order valence-electron chi connectivity index (χ2n) is 4.59. The number of β-amino-alcohol motifs (C(OH)–C–C–N with tert-alkyl or cyclic N) is 1. The molecule has 1 aliphatic rings. The molecule has 1 fully saturated rings. The molecule has 0 bridgehead atoms. The van der Waals surface area contributed by atoms with Crippen LogP contribution < -0.4 is 5.73 Å². The number of carbonyl (C=O) groups is 2. The maximum Gasteiger partial charge on any atom is 0.272 e. The molecule has 1 aromatic rings. The average molecular weight is 328 g/mol. The molecule has 2 heterocycles. The van der Waals surface area contributed by atoms with Crippen molar-refractivity contribution in [3.63, 3.8) is 0 Å². The monoisotopic (exact) mass is 327 g/mol. The Morgan fingerprint density at radius 2 is 2.21 bits per heavy atom. The quantitative estimate of drug-likeness (QED) is 0.816. The summed E-state index contributed by atoms with van der Waals surface area (Å²) in [5, 5.41) is 10.1. The lowest BCUT2D eigenvalue weighted by atomic mass is 9.92. The van der Waals surface area contributed by atoms with Gasteiger partial charge in [-0.2, -0.15) is 0 Å². The van der Waals surface area contributed by atoms with E-state index in [1.807, 2.05) is 0 Å². The average Bonchev–Trinajstić information content (AvgIpc) is 2.39. The molecule has 0 radical (unpaired) electrons. The van der Waals surface area contributed by atoms with Crippen molar-refractivity contribution < 1.29 is 14.7 Å². The van der Waals surface area contributed by atoms with Crippen LogP contribution in [0.15, 0.2) is 22.8 Å². The van der Waals surface area contributed by atoms with Crippen LogP contribution in [0.2, 0.25) is 0 Å². The van der Waals surface area contributed by atoms with E-state index in [1.54, 1.807) is 12.1 Å². The lowest BCUT2D eigenvalue weighted by Gasteiger charge is -2.36. The van der Waals surface area contributed by atoms with E-state index < -0.39 is 11.5 Å². The van der Waals surface area contributed by atoms with Crippen molar-refractivity contribution in [1.82, 2.24) is 9.88 Å². The molecule has 0 aliphatic carbocycles. The van der Waals surface area contributed by atoms with Crippen LogP contribution in [0.25, 0.3) is 0 Å². The lowest BCUT2D eigenvalue weighted by Crippen LogP contribution is -2.57. The number of halogens is 1. The van der Waals surface area contributed by atoms with Gasteiger partial charge in [-0.3, -0.25) is 9.59 Å². The van der Waals surface area contributed by atoms with E-state index in [2.05, 4.69) is 20.9 Å². The third kappa shape index (κ3) is 2.93. The molecule has 0 aromatic carbocycles. The van der Waals surface area contributed by atoms with Gasteiger partial charge in [-0.15, -0.1) is 0 Å². The van der Waals surface area contributed by atoms with Crippen molar-refractivity contribution in [2.24, 2.45) is 5.73 Å². The molecule has 0 unspecified atom stereocenters. The Balaban J connectivity index is 2.15. The van der Waals surface area contributed by atoms with Crippen LogP contribution in [0.3, 0.4) is 0 Å². The van der Waals surface area contributed by atoms with Crippen LogP contribution in [0.1, 0.15) is 23.3 Å². The van der Waals surface area contributed by atoms with E-state index in [1.165, 1.54) is 11.1 Å². The van der Waals surface area contributed by atoms with Gasteiger partial charge < -0.3 is 15.7 Å². The van der Waals surface area contributed by atoms with Crippen LogP contribution in [0.5, 0.6) is 0 Å². The van der Waals surface area contributed by atoms with Crippen molar-refractivity contribution >= 4 is 27.7 Å². The first kappa shape index (κ1) is 14.0. The first-order chi connectivity index (χ1) is 8.92. The molecule has 1 atom stereocenters. The van der Waals surface area contributed by atoms with Gasteiger partial charge in [0, 0.05) is 17.2 Å². The van der Waals surface area contributed by atoms with Gasteiger partial charge in [0.05, 0.1) is 6.54 Å². The number of hydrogen-bond acceptors (Lipinski definition) is 4. The fourth-order valence-corrected chi connectivity index (χ4v) is 2.31. The fourth-order valence-electron chi connectivity index (χ4n) is 2.08. The van der Waals surface area contributed by atoms with Gasteiger partial charge in [0.2, 0.25) is 0 Å². The molecular formula is C12H14BrN3O3. The van der Waals surface area contributed by atoms with E-state index in [-0.39, 0.29) is 24.6 Å². The second-order valence-corrected chi connectivity index (χ2v) is 5.50. The molecule has 0 saturated carbocycles. The van der Waals surface area contributed by atoms with Crippen molar-refractivity contribution in [2.75, 3.05) is 13.1 Å². The van der Waals surface area contributed by atoms with Gasteiger partial charge in [-0.25, -0.2) is 4.98 Å². The maximum absolute atomic E-state index is 12.2. The molecular weight excluding hydrogens is 314 g/mol. The van der Waals surface area contributed by atoms with Crippen molar-refractivity contribution in [3.05, 3.63) is 28.5 Å². The smallest absolute Gasteiger partial charge is 0.272 e. The third-order valence-electron chi connectivity index (χ3n) is 3.16. The highest BCUT2D eigenvalue weighted by atomic mass is 79.9. The minimum atomic E-state index is -1.64.